The number of benzene rings is 1. The van der Waals surface area contributed by atoms with E-state index in [1.807, 2.05) is 31.2 Å². The molecule has 2 aliphatic rings. The number of amides is 1. The number of carbonyl (C=O) groups excluding carboxylic acids is 2. The van der Waals surface area contributed by atoms with Crippen LogP contribution in [0.25, 0.3) is 0 Å². The fourth-order valence-electron chi connectivity index (χ4n) is 3.64. The average Bonchev–Trinajstić information content (AvgIpc) is 2.41. The van der Waals surface area contributed by atoms with Crippen LogP contribution in [-0.2, 0) is 9.59 Å². The second kappa shape index (κ2) is 5.39. The van der Waals surface area contributed by atoms with Gasteiger partial charge in [-0.25, -0.2) is 0 Å². The van der Waals surface area contributed by atoms with E-state index in [1.54, 1.807) is 0 Å². The zero-order valence-electron chi connectivity index (χ0n) is 11.9. The SMILES string of the molecule is Cc1ccccc1NC(=O)C1C[C@@H]2CCC[C@@H](C1)C2=O. The van der Waals surface area contributed by atoms with Crippen LogP contribution in [0.4, 0.5) is 5.69 Å². The Morgan fingerprint density at radius 1 is 1.15 bits per heavy atom. The largest absolute Gasteiger partial charge is 0.326 e. The van der Waals surface area contributed by atoms with Gasteiger partial charge in [0.25, 0.3) is 0 Å². The molecule has 0 spiro atoms. The van der Waals surface area contributed by atoms with Crippen LogP contribution in [0, 0.1) is 24.7 Å². The summed E-state index contributed by atoms with van der Waals surface area (Å²) in [5, 5.41) is 3.03. The Morgan fingerprint density at radius 3 is 2.45 bits per heavy atom. The maximum atomic E-state index is 12.4. The van der Waals surface area contributed by atoms with Gasteiger partial charge < -0.3 is 5.32 Å². The third-order valence-electron chi connectivity index (χ3n) is 4.82. The van der Waals surface area contributed by atoms with E-state index in [2.05, 4.69) is 5.32 Å². The number of para-hydroxylation sites is 1. The van der Waals surface area contributed by atoms with Crippen molar-refractivity contribution in [1.82, 2.24) is 0 Å². The number of carbonyl (C=O) groups is 2. The van der Waals surface area contributed by atoms with E-state index in [0.29, 0.717) is 5.78 Å². The number of hydrogen-bond donors (Lipinski definition) is 1. The summed E-state index contributed by atoms with van der Waals surface area (Å²) in [6.07, 6.45) is 4.58. The summed E-state index contributed by atoms with van der Waals surface area (Å²) in [7, 11) is 0. The molecular formula is C17H21NO2. The second-order valence-corrected chi connectivity index (χ2v) is 6.20. The molecule has 1 amide bonds. The molecule has 20 heavy (non-hydrogen) atoms. The number of hydrogen-bond acceptors (Lipinski definition) is 2. The average molecular weight is 271 g/mol. The van der Waals surface area contributed by atoms with Gasteiger partial charge in [-0.05, 0) is 44.2 Å². The highest BCUT2D eigenvalue weighted by Gasteiger charge is 2.41. The number of anilines is 1. The molecule has 2 atom stereocenters. The number of Topliss-reactive ketones (excluding diaryl/α,β-unsaturated/α-hetero) is 1. The fraction of sp³-hybridized carbons (Fsp3) is 0.529. The lowest BCUT2D eigenvalue weighted by molar-refractivity contribution is -0.136. The second-order valence-electron chi connectivity index (χ2n) is 6.20. The Kier molecular flexibility index (Phi) is 3.60. The zero-order valence-corrected chi connectivity index (χ0v) is 11.9. The van der Waals surface area contributed by atoms with Gasteiger partial charge in [-0.15, -0.1) is 0 Å². The molecule has 2 fully saturated rings. The monoisotopic (exact) mass is 271 g/mol. The molecule has 2 saturated carbocycles. The summed E-state index contributed by atoms with van der Waals surface area (Å²) >= 11 is 0. The van der Waals surface area contributed by atoms with Crippen LogP contribution in [0.1, 0.15) is 37.7 Å². The first kappa shape index (κ1) is 13.3. The minimum atomic E-state index is 0.00241. The number of rotatable bonds is 2. The predicted molar refractivity (Wildman–Crippen MR) is 78.4 cm³/mol. The molecule has 0 saturated heterocycles. The lowest BCUT2D eigenvalue weighted by atomic mass is 9.67. The van der Waals surface area contributed by atoms with Crippen molar-refractivity contribution in [3.05, 3.63) is 29.8 Å². The number of aryl methyl sites for hydroxylation is 1. The van der Waals surface area contributed by atoms with Crippen LogP contribution < -0.4 is 5.32 Å². The van der Waals surface area contributed by atoms with Crippen molar-refractivity contribution in [2.75, 3.05) is 5.32 Å². The number of fused-ring (bicyclic) bond motifs is 2. The summed E-state index contributed by atoms with van der Waals surface area (Å²) in [6, 6.07) is 7.83. The molecule has 0 unspecified atom stereocenters. The van der Waals surface area contributed by atoms with E-state index in [-0.39, 0.29) is 23.7 Å². The van der Waals surface area contributed by atoms with Gasteiger partial charge >= 0.3 is 0 Å². The van der Waals surface area contributed by atoms with Crippen LogP contribution in [0.2, 0.25) is 0 Å². The van der Waals surface area contributed by atoms with Crippen molar-refractivity contribution < 1.29 is 9.59 Å². The summed E-state index contributed by atoms with van der Waals surface area (Å²) in [5.74, 6) is 0.771. The van der Waals surface area contributed by atoms with E-state index < -0.39 is 0 Å². The lowest BCUT2D eigenvalue weighted by Crippen LogP contribution is -2.40. The molecule has 3 rings (SSSR count). The summed E-state index contributed by atoms with van der Waals surface area (Å²) in [6.45, 7) is 1.99. The van der Waals surface area contributed by atoms with Crippen LogP contribution in [-0.4, -0.2) is 11.7 Å². The summed E-state index contributed by atoms with van der Waals surface area (Å²) < 4.78 is 0. The quantitative estimate of drug-likeness (QED) is 0.896. The van der Waals surface area contributed by atoms with Crippen LogP contribution in [0.15, 0.2) is 24.3 Å². The maximum Gasteiger partial charge on any atom is 0.227 e. The van der Waals surface area contributed by atoms with Crippen molar-refractivity contribution in [2.45, 2.75) is 39.0 Å². The van der Waals surface area contributed by atoms with Gasteiger partial charge in [0, 0.05) is 23.4 Å². The Morgan fingerprint density at radius 2 is 1.80 bits per heavy atom. The topological polar surface area (TPSA) is 46.2 Å². The molecule has 2 aliphatic carbocycles. The normalized spacial score (nSPS) is 29.1. The van der Waals surface area contributed by atoms with E-state index >= 15 is 0 Å². The molecule has 0 heterocycles. The lowest BCUT2D eigenvalue weighted by Gasteiger charge is -2.37. The molecule has 0 aliphatic heterocycles. The van der Waals surface area contributed by atoms with Crippen LogP contribution in [0.3, 0.4) is 0 Å². The Labute approximate surface area is 119 Å². The highest BCUT2D eigenvalue weighted by molar-refractivity contribution is 5.95. The molecule has 1 aromatic rings. The molecule has 3 heteroatoms. The highest BCUT2D eigenvalue weighted by Crippen LogP contribution is 2.40. The summed E-state index contributed by atoms with van der Waals surface area (Å²) in [4.78, 5) is 24.5. The third kappa shape index (κ3) is 2.49. The van der Waals surface area contributed by atoms with Crippen molar-refractivity contribution in [3.63, 3.8) is 0 Å². The van der Waals surface area contributed by atoms with Crippen molar-refractivity contribution >= 4 is 17.4 Å². The Bertz CT molecular complexity index is 522. The molecule has 3 nitrogen and oxygen atoms in total. The molecule has 106 valence electrons. The maximum absolute atomic E-state index is 12.4. The minimum Gasteiger partial charge on any atom is -0.326 e. The van der Waals surface area contributed by atoms with Gasteiger partial charge in [-0.3, -0.25) is 9.59 Å². The molecule has 1 aromatic carbocycles. The highest BCUT2D eigenvalue weighted by atomic mass is 16.2. The standard InChI is InChI=1S/C17H21NO2/c1-11-5-2-3-8-15(11)18-17(20)14-9-12-6-4-7-13(10-14)16(12)19/h2-3,5,8,12-14H,4,6-7,9-10H2,1H3,(H,18,20)/t12-,13-/m0/s1. The molecular weight excluding hydrogens is 250 g/mol. The van der Waals surface area contributed by atoms with Gasteiger partial charge in [0.2, 0.25) is 5.91 Å². The Balaban J connectivity index is 1.69. The fourth-order valence-corrected chi connectivity index (χ4v) is 3.64. The molecule has 0 radical (unpaired) electrons. The van der Waals surface area contributed by atoms with E-state index in [9.17, 15) is 9.59 Å². The van der Waals surface area contributed by atoms with Gasteiger partial charge in [0.05, 0.1) is 0 Å². The molecule has 2 bridgehead atoms. The van der Waals surface area contributed by atoms with Crippen molar-refractivity contribution in [1.29, 1.82) is 0 Å². The first-order valence-electron chi connectivity index (χ1n) is 7.55. The molecule has 1 N–H and O–H groups in total. The van der Waals surface area contributed by atoms with Crippen molar-refractivity contribution in [3.8, 4) is 0 Å². The number of ketones is 1. The van der Waals surface area contributed by atoms with Gasteiger partial charge in [0.1, 0.15) is 5.78 Å². The van der Waals surface area contributed by atoms with E-state index in [0.717, 1.165) is 43.4 Å². The third-order valence-corrected chi connectivity index (χ3v) is 4.82. The predicted octanol–water partition coefficient (Wildman–Crippen LogP) is 3.33. The molecule has 0 aromatic heterocycles. The number of nitrogens with one attached hydrogen (secondary N) is 1. The van der Waals surface area contributed by atoms with Gasteiger partial charge in [-0.1, -0.05) is 24.6 Å². The van der Waals surface area contributed by atoms with Crippen molar-refractivity contribution in [2.24, 2.45) is 17.8 Å². The van der Waals surface area contributed by atoms with E-state index in [4.69, 9.17) is 0 Å². The first-order chi connectivity index (χ1) is 9.65. The van der Waals surface area contributed by atoms with Gasteiger partial charge in [0.15, 0.2) is 0 Å². The zero-order chi connectivity index (χ0) is 14.1. The minimum absolute atomic E-state index is 0.00241. The van der Waals surface area contributed by atoms with Crippen LogP contribution in [0.5, 0.6) is 0 Å². The Hall–Kier alpha value is -1.64. The summed E-state index contributed by atoms with van der Waals surface area (Å²) in [5.41, 5.74) is 1.97. The smallest absolute Gasteiger partial charge is 0.227 e. The van der Waals surface area contributed by atoms with Crippen LogP contribution >= 0.6 is 0 Å². The van der Waals surface area contributed by atoms with Gasteiger partial charge in [-0.2, -0.15) is 0 Å². The first-order valence-corrected chi connectivity index (χ1v) is 7.55. The van der Waals surface area contributed by atoms with E-state index in [1.165, 1.54) is 0 Å².